The fourth-order valence-electron chi connectivity index (χ4n) is 1.83. The molecule has 1 aromatic rings. The van der Waals surface area contributed by atoms with E-state index < -0.39 is 0 Å². The fourth-order valence-corrected chi connectivity index (χ4v) is 1.83. The predicted octanol–water partition coefficient (Wildman–Crippen LogP) is 1.92. The highest BCUT2D eigenvalue weighted by Crippen LogP contribution is 2.22. The molecule has 0 atom stereocenters. The highest BCUT2D eigenvalue weighted by atomic mass is 16.5. The number of amides is 1. The van der Waals surface area contributed by atoms with Gasteiger partial charge in [0.1, 0.15) is 6.61 Å². The maximum Gasteiger partial charge on any atom is 0.248 e. The summed E-state index contributed by atoms with van der Waals surface area (Å²) in [6.45, 7) is 8.10. The predicted molar refractivity (Wildman–Crippen MR) is 81.5 cm³/mol. The summed E-state index contributed by atoms with van der Waals surface area (Å²) in [4.78, 5) is 13.5. The van der Waals surface area contributed by atoms with Crippen LogP contribution in [0.5, 0.6) is 0 Å². The summed E-state index contributed by atoms with van der Waals surface area (Å²) in [6, 6.07) is 8.40. The van der Waals surface area contributed by atoms with E-state index in [4.69, 9.17) is 10.5 Å². The van der Waals surface area contributed by atoms with Gasteiger partial charge in [-0.1, -0.05) is 45.0 Å². The average Bonchev–Trinajstić information content (AvgIpc) is 2.38. The Morgan fingerprint density at radius 2 is 1.85 bits per heavy atom. The number of nitrogens with two attached hydrogens (primary N) is 1. The molecule has 0 heterocycles. The van der Waals surface area contributed by atoms with Gasteiger partial charge in [0.25, 0.3) is 0 Å². The summed E-state index contributed by atoms with van der Waals surface area (Å²) in [7, 11) is 1.78. The molecule has 0 unspecified atom stereocenters. The second kappa shape index (κ2) is 7.41. The molecule has 112 valence electrons. The van der Waals surface area contributed by atoms with E-state index in [-0.39, 0.29) is 17.9 Å². The Morgan fingerprint density at radius 1 is 1.25 bits per heavy atom. The van der Waals surface area contributed by atoms with Gasteiger partial charge >= 0.3 is 0 Å². The molecular weight excluding hydrogens is 252 g/mol. The van der Waals surface area contributed by atoms with Crippen LogP contribution in [0.4, 0.5) is 0 Å². The first-order valence-corrected chi connectivity index (χ1v) is 6.96. The molecule has 0 radical (unpaired) electrons. The molecule has 0 aliphatic heterocycles. The molecule has 0 aliphatic rings. The number of hydrogen-bond donors (Lipinski definition) is 1. The first-order valence-electron chi connectivity index (χ1n) is 6.96. The standard InChI is InChI=1S/C16H26N2O2/c1-16(2,3)14-7-5-13(6-8-14)11-18(4)15(19)12-20-10-9-17/h5-8H,9-12,17H2,1-4H3. The van der Waals surface area contributed by atoms with Gasteiger partial charge in [0.2, 0.25) is 5.91 Å². The third-order valence-corrected chi connectivity index (χ3v) is 3.15. The van der Waals surface area contributed by atoms with E-state index in [1.165, 1.54) is 5.56 Å². The van der Waals surface area contributed by atoms with E-state index in [0.29, 0.717) is 19.7 Å². The summed E-state index contributed by atoms with van der Waals surface area (Å²) in [6.07, 6.45) is 0. The number of benzene rings is 1. The number of ether oxygens (including phenoxy) is 1. The van der Waals surface area contributed by atoms with E-state index in [1.807, 2.05) is 0 Å². The Labute approximate surface area is 121 Å². The normalized spacial score (nSPS) is 11.4. The molecule has 0 spiro atoms. The topological polar surface area (TPSA) is 55.6 Å². The van der Waals surface area contributed by atoms with E-state index in [2.05, 4.69) is 45.0 Å². The number of rotatable bonds is 6. The Balaban J connectivity index is 2.53. The Hall–Kier alpha value is -1.39. The Kier molecular flexibility index (Phi) is 6.17. The van der Waals surface area contributed by atoms with Crippen molar-refractivity contribution in [1.29, 1.82) is 0 Å². The number of likely N-dealkylation sites (N-methyl/N-ethyl adjacent to an activating group) is 1. The van der Waals surface area contributed by atoms with Crippen molar-refractivity contribution < 1.29 is 9.53 Å². The van der Waals surface area contributed by atoms with Gasteiger partial charge in [-0.2, -0.15) is 0 Å². The molecule has 0 aromatic heterocycles. The molecule has 0 fully saturated rings. The van der Waals surface area contributed by atoms with Crippen LogP contribution in [-0.4, -0.2) is 37.6 Å². The highest BCUT2D eigenvalue weighted by Gasteiger charge is 2.14. The summed E-state index contributed by atoms with van der Waals surface area (Å²) < 4.78 is 5.15. The molecule has 0 saturated heterocycles. The van der Waals surface area contributed by atoms with Crippen molar-refractivity contribution >= 4 is 5.91 Å². The lowest BCUT2D eigenvalue weighted by atomic mass is 9.87. The molecule has 0 bridgehead atoms. The van der Waals surface area contributed by atoms with Crippen LogP contribution in [0.1, 0.15) is 31.9 Å². The third kappa shape index (κ3) is 5.31. The van der Waals surface area contributed by atoms with Gasteiger partial charge in [0.15, 0.2) is 0 Å². The number of nitrogens with zero attached hydrogens (tertiary/aromatic N) is 1. The summed E-state index contributed by atoms with van der Waals surface area (Å²) in [5.41, 5.74) is 7.87. The monoisotopic (exact) mass is 278 g/mol. The lowest BCUT2D eigenvalue weighted by Crippen LogP contribution is -2.30. The zero-order valence-electron chi connectivity index (χ0n) is 13.0. The van der Waals surface area contributed by atoms with Crippen molar-refractivity contribution in [3.05, 3.63) is 35.4 Å². The molecule has 0 saturated carbocycles. The zero-order chi connectivity index (χ0) is 15.2. The van der Waals surface area contributed by atoms with E-state index >= 15 is 0 Å². The lowest BCUT2D eigenvalue weighted by molar-refractivity contribution is -0.135. The first kappa shape index (κ1) is 16.7. The van der Waals surface area contributed by atoms with Crippen LogP contribution in [0, 0.1) is 0 Å². The van der Waals surface area contributed by atoms with E-state index in [1.54, 1.807) is 11.9 Å². The molecule has 0 aliphatic carbocycles. The van der Waals surface area contributed by atoms with Gasteiger partial charge in [0, 0.05) is 20.1 Å². The Bertz CT molecular complexity index is 421. The number of carbonyl (C=O) groups excluding carboxylic acids is 1. The second-order valence-electron chi connectivity index (χ2n) is 6.04. The largest absolute Gasteiger partial charge is 0.370 e. The van der Waals surface area contributed by atoms with Crippen LogP contribution < -0.4 is 5.73 Å². The molecule has 1 rings (SSSR count). The lowest BCUT2D eigenvalue weighted by Gasteiger charge is -2.21. The van der Waals surface area contributed by atoms with Crippen molar-refractivity contribution in [1.82, 2.24) is 4.90 Å². The first-order chi connectivity index (χ1) is 9.34. The third-order valence-electron chi connectivity index (χ3n) is 3.15. The molecule has 20 heavy (non-hydrogen) atoms. The van der Waals surface area contributed by atoms with Crippen molar-refractivity contribution in [2.45, 2.75) is 32.7 Å². The summed E-state index contributed by atoms with van der Waals surface area (Å²) >= 11 is 0. The minimum atomic E-state index is -0.0293. The van der Waals surface area contributed by atoms with E-state index in [9.17, 15) is 4.79 Å². The molecule has 1 amide bonds. The van der Waals surface area contributed by atoms with E-state index in [0.717, 1.165) is 5.56 Å². The molecular formula is C16H26N2O2. The van der Waals surface area contributed by atoms with Crippen molar-refractivity contribution in [2.75, 3.05) is 26.8 Å². The van der Waals surface area contributed by atoms with Gasteiger partial charge in [-0.15, -0.1) is 0 Å². The van der Waals surface area contributed by atoms with Crippen molar-refractivity contribution in [3.8, 4) is 0 Å². The molecule has 1 aromatic carbocycles. The number of hydrogen-bond acceptors (Lipinski definition) is 3. The van der Waals surface area contributed by atoms with Gasteiger partial charge in [-0.25, -0.2) is 0 Å². The van der Waals surface area contributed by atoms with Gasteiger partial charge < -0.3 is 15.4 Å². The Morgan fingerprint density at radius 3 is 2.35 bits per heavy atom. The maximum absolute atomic E-state index is 11.8. The van der Waals surface area contributed by atoms with Crippen molar-refractivity contribution in [3.63, 3.8) is 0 Å². The highest BCUT2D eigenvalue weighted by molar-refractivity contribution is 5.77. The minimum absolute atomic E-state index is 0.0293. The molecule has 2 N–H and O–H groups in total. The summed E-state index contributed by atoms with van der Waals surface area (Å²) in [5.74, 6) is -0.0293. The van der Waals surface area contributed by atoms with Crippen LogP contribution in [0.15, 0.2) is 24.3 Å². The SMILES string of the molecule is CN(Cc1ccc(C(C)(C)C)cc1)C(=O)COCCN. The maximum atomic E-state index is 11.8. The van der Waals surface area contributed by atoms with Crippen LogP contribution in [0.2, 0.25) is 0 Å². The van der Waals surface area contributed by atoms with Crippen LogP contribution in [0.3, 0.4) is 0 Å². The van der Waals surface area contributed by atoms with Gasteiger partial charge in [-0.3, -0.25) is 4.79 Å². The zero-order valence-corrected chi connectivity index (χ0v) is 13.0. The fraction of sp³-hybridized carbons (Fsp3) is 0.562. The average molecular weight is 278 g/mol. The van der Waals surface area contributed by atoms with Gasteiger partial charge in [-0.05, 0) is 16.5 Å². The van der Waals surface area contributed by atoms with Crippen molar-refractivity contribution in [2.24, 2.45) is 5.73 Å². The molecule has 4 nitrogen and oxygen atoms in total. The summed E-state index contributed by atoms with van der Waals surface area (Å²) in [5, 5.41) is 0. The minimum Gasteiger partial charge on any atom is -0.370 e. The van der Waals surface area contributed by atoms with Crippen LogP contribution in [0.25, 0.3) is 0 Å². The molecule has 4 heteroatoms. The van der Waals surface area contributed by atoms with Crippen LogP contribution in [-0.2, 0) is 21.5 Å². The van der Waals surface area contributed by atoms with Gasteiger partial charge in [0.05, 0.1) is 6.61 Å². The second-order valence-corrected chi connectivity index (χ2v) is 6.04. The smallest absolute Gasteiger partial charge is 0.248 e. The quantitative estimate of drug-likeness (QED) is 0.809. The number of carbonyl (C=O) groups is 1. The van der Waals surface area contributed by atoms with Crippen LogP contribution >= 0.6 is 0 Å².